The van der Waals surface area contributed by atoms with Crippen molar-refractivity contribution in [2.75, 3.05) is 12.3 Å². The Balaban J connectivity index is 1.87. The van der Waals surface area contributed by atoms with E-state index in [-0.39, 0.29) is 0 Å². The van der Waals surface area contributed by atoms with Gasteiger partial charge in [-0.2, -0.15) is 0 Å². The first-order valence-electron chi connectivity index (χ1n) is 5.84. The van der Waals surface area contributed by atoms with Crippen LogP contribution in [0.15, 0.2) is 12.1 Å². The van der Waals surface area contributed by atoms with E-state index < -0.39 is 0 Å². The average molecular weight is 273 g/mol. The molecule has 0 amide bonds. The number of anilines is 1. The van der Waals surface area contributed by atoms with Crippen LogP contribution in [0.5, 0.6) is 0 Å². The SMILES string of the molecule is CC1(C)CC1CNCc1cc(Cl)c(N)c(Cl)c1. The van der Waals surface area contributed by atoms with Gasteiger partial charge in [0.05, 0.1) is 15.7 Å². The molecule has 1 aliphatic carbocycles. The van der Waals surface area contributed by atoms with Crippen molar-refractivity contribution in [1.29, 1.82) is 0 Å². The molecule has 1 atom stereocenters. The topological polar surface area (TPSA) is 38.0 Å². The molecule has 3 N–H and O–H groups in total. The zero-order valence-electron chi connectivity index (χ0n) is 10.2. The molecule has 0 radical (unpaired) electrons. The molecule has 0 aliphatic heterocycles. The quantitative estimate of drug-likeness (QED) is 0.821. The lowest BCUT2D eigenvalue weighted by molar-refractivity contribution is 0.519. The van der Waals surface area contributed by atoms with Crippen molar-refractivity contribution < 1.29 is 0 Å². The van der Waals surface area contributed by atoms with Crippen LogP contribution in [0.2, 0.25) is 10.0 Å². The van der Waals surface area contributed by atoms with E-state index in [2.05, 4.69) is 19.2 Å². The Morgan fingerprint density at radius 3 is 2.35 bits per heavy atom. The molecule has 2 rings (SSSR count). The van der Waals surface area contributed by atoms with E-state index in [1.165, 1.54) is 6.42 Å². The molecule has 0 saturated heterocycles. The molecule has 1 aromatic carbocycles. The van der Waals surface area contributed by atoms with Crippen molar-refractivity contribution in [2.45, 2.75) is 26.8 Å². The highest BCUT2D eigenvalue weighted by atomic mass is 35.5. The highest BCUT2D eigenvalue weighted by Crippen LogP contribution is 2.51. The van der Waals surface area contributed by atoms with Crippen LogP contribution in [0.3, 0.4) is 0 Å². The smallest absolute Gasteiger partial charge is 0.0693 e. The van der Waals surface area contributed by atoms with Crippen LogP contribution in [-0.2, 0) is 6.54 Å². The summed E-state index contributed by atoms with van der Waals surface area (Å²) < 4.78 is 0. The van der Waals surface area contributed by atoms with Gasteiger partial charge in [-0.3, -0.25) is 0 Å². The molecule has 4 heteroatoms. The Morgan fingerprint density at radius 1 is 1.35 bits per heavy atom. The summed E-state index contributed by atoms with van der Waals surface area (Å²) in [6.07, 6.45) is 1.31. The molecule has 0 aromatic heterocycles. The average Bonchev–Trinajstić information content (AvgIpc) is 2.83. The number of nitrogens with one attached hydrogen (secondary N) is 1. The van der Waals surface area contributed by atoms with E-state index in [0.29, 0.717) is 21.1 Å². The summed E-state index contributed by atoms with van der Waals surface area (Å²) in [5.74, 6) is 0.794. The van der Waals surface area contributed by atoms with Crippen LogP contribution < -0.4 is 11.1 Å². The molecule has 17 heavy (non-hydrogen) atoms. The third kappa shape index (κ3) is 3.06. The summed E-state index contributed by atoms with van der Waals surface area (Å²) in [6.45, 7) is 6.44. The van der Waals surface area contributed by atoms with Crippen LogP contribution in [0.25, 0.3) is 0 Å². The lowest BCUT2D eigenvalue weighted by atomic mass is 10.1. The van der Waals surface area contributed by atoms with Crippen LogP contribution in [0.4, 0.5) is 5.69 Å². The Labute approximate surface area is 112 Å². The molecule has 2 nitrogen and oxygen atoms in total. The number of nitrogens with two attached hydrogens (primary N) is 1. The standard InChI is InChI=1S/C13H18Cl2N2/c1-13(2)5-9(13)7-17-6-8-3-10(14)12(16)11(15)4-8/h3-4,9,17H,5-7,16H2,1-2H3. The number of halogens is 2. The number of benzene rings is 1. The molecule has 94 valence electrons. The second-order valence-electron chi connectivity index (χ2n) is 5.49. The van der Waals surface area contributed by atoms with Gasteiger partial charge in [-0.15, -0.1) is 0 Å². The van der Waals surface area contributed by atoms with Crippen molar-refractivity contribution in [1.82, 2.24) is 5.32 Å². The summed E-state index contributed by atoms with van der Waals surface area (Å²) in [7, 11) is 0. The Bertz CT molecular complexity index is 406. The van der Waals surface area contributed by atoms with Crippen LogP contribution in [0.1, 0.15) is 25.8 Å². The summed E-state index contributed by atoms with van der Waals surface area (Å²) in [5.41, 5.74) is 7.74. The molecule has 0 spiro atoms. The maximum Gasteiger partial charge on any atom is 0.0693 e. The number of nitrogen functional groups attached to an aromatic ring is 1. The Hall–Kier alpha value is -0.440. The Morgan fingerprint density at radius 2 is 1.88 bits per heavy atom. The van der Waals surface area contributed by atoms with Crippen LogP contribution in [0, 0.1) is 11.3 Å². The van der Waals surface area contributed by atoms with Crippen molar-refractivity contribution >= 4 is 28.9 Å². The van der Waals surface area contributed by atoms with Gasteiger partial charge in [-0.1, -0.05) is 37.0 Å². The molecule has 1 saturated carbocycles. The predicted octanol–water partition coefficient (Wildman–Crippen LogP) is 3.71. The highest BCUT2D eigenvalue weighted by molar-refractivity contribution is 6.38. The summed E-state index contributed by atoms with van der Waals surface area (Å²) in [4.78, 5) is 0. The first-order valence-corrected chi connectivity index (χ1v) is 6.60. The molecule has 0 bridgehead atoms. The zero-order chi connectivity index (χ0) is 12.6. The van der Waals surface area contributed by atoms with E-state index in [9.17, 15) is 0 Å². The van der Waals surface area contributed by atoms with Crippen molar-refractivity contribution in [2.24, 2.45) is 11.3 Å². The van der Waals surface area contributed by atoms with E-state index >= 15 is 0 Å². The minimum atomic E-state index is 0.459. The molecule has 1 unspecified atom stereocenters. The third-order valence-corrected chi connectivity index (χ3v) is 4.20. The fraction of sp³-hybridized carbons (Fsp3) is 0.538. The summed E-state index contributed by atoms with van der Waals surface area (Å²) >= 11 is 12.0. The van der Waals surface area contributed by atoms with Crippen molar-refractivity contribution in [3.8, 4) is 0 Å². The molecular weight excluding hydrogens is 255 g/mol. The van der Waals surface area contributed by atoms with Crippen LogP contribution in [-0.4, -0.2) is 6.54 Å². The van der Waals surface area contributed by atoms with E-state index in [4.69, 9.17) is 28.9 Å². The largest absolute Gasteiger partial charge is 0.396 e. The van der Waals surface area contributed by atoms with Crippen molar-refractivity contribution in [3.05, 3.63) is 27.7 Å². The highest BCUT2D eigenvalue weighted by Gasteiger charge is 2.44. The number of hydrogen-bond acceptors (Lipinski definition) is 2. The van der Waals surface area contributed by atoms with Gasteiger partial charge in [-0.25, -0.2) is 0 Å². The Kier molecular flexibility index (Phi) is 3.58. The van der Waals surface area contributed by atoms with Gasteiger partial charge in [0.25, 0.3) is 0 Å². The molecule has 1 aliphatic rings. The maximum absolute atomic E-state index is 5.98. The monoisotopic (exact) mass is 272 g/mol. The van der Waals surface area contributed by atoms with Gasteiger partial charge < -0.3 is 11.1 Å². The fourth-order valence-corrected chi connectivity index (χ4v) is 2.59. The third-order valence-electron chi connectivity index (χ3n) is 3.58. The van der Waals surface area contributed by atoms with Gasteiger partial charge >= 0.3 is 0 Å². The zero-order valence-corrected chi connectivity index (χ0v) is 11.7. The molecular formula is C13H18Cl2N2. The van der Waals surface area contributed by atoms with E-state index in [0.717, 1.165) is 24.6 Å². The first kappa shape index (κ1) is 13.0. The van der Waals surface area contributed by atoms with E-state index in [1.807, 2.05) is 12.1 Å². The second kappa shape index (κ2) is 4.68. The molecule has 1 aromatic rings. The predicted molar refractivity (Wildman–Crippen MR) is 74.5 cm³/mol. The minimum Gasteiger partial charge on any atom is -0.396 e. The molecule has 1 fully saturated rings. The lowest BCUT2D eigenvalue weighted by Crippen LogP contribution is -2.18. The van der Waals surface area contributed by atoms with Gasteiger partial charge in [0.15, 0.2) is 0 Å². The van der Waals surface area contributed by atoms with Gasteiger partial charge in [-0.05, 0) is 42.0 Å². The fourth-order valence-electron chi connectivity index (χ4n) is 2.05. The lowest BCUT2D eigenvalue weighted by Gasteiger charge is -2.09. The van der Waals surface area contributed by atoms with Gasteiger partial charge in [0, 0.05) is 6.54 Å². The minimum absolute atomic E-state index is 0.459. The van der Waals surface area contributed by atoms with Crippen molar-refractivity contribution in [3.63, 3.8) is 0 Å². The van der Waals surface area contributed by atoms with Gasteiger partial charge in [0.2, 0.25) is 0 Å². The number of hydrogen-bond donors (Lipinski definition) is 2. The van der Waals surface area contributed by atoms with Crippen LogP contribution >= 0.6 is 23.2 Å². The summed E-state index contributed by atoms with van der Waals surface area (Å²) in [6, 6.07) is 3.74. The number of rotatable bonds is 4. The maximum atomic E-state index is 5.98. The summed E-state index contributed by atoms with van der Waals surface area (Å²) in [5, 5.41) is 4.49. The first-order chi connectivity index (χ1) is 7.90. The second-order valence-corrected chi connectivity index (χ2v) is 6.31. The van der Waals surface area contributed by atoms with E-state index in [1.54, 1.807) is 0 Å². The normalized spacial score (nSPS) is 21.5. The van der Waals surface area contributed by atoms with Gasteiger partial charge in [0.1, 0.15) is 0 Å². The molecule has 0 heterocycles.